The molecule has 0 radical (unpaired) electrons. The Bertz CT molecular complexity index is 795. The second-order valence-electron chi connectivity index (χ2n) is 6.89. The highest BCUT2D eigenvalue weighted by Crippen LogP contribution is 2.31. The fourth-order valence-electron chi connectivity index (χ4n) is 3.02. The zero-order valence-corrected chi connectivity index (χ0v) is 20.3. The predicted octanol–water partition coefficient (Wildman–Crippen LogP) is 2.78. The van der Waals surface area contributed by atoms with Gasteiger partial charge in [-0.1, -0.05) is 13.0 Å². The third kappa shape index (κ3) is 7.75. The van der Waals surface area contributed by atoms with Gasteiger partial charge >= 0.3 is 17.9 Å². The van der Waals surface area contributed by atoms with Crippen LogP contribution in [0, 0.1) is 3.57 Å². The molecule has 1 aliphatic rings. The van der Waals surface area contributed by atoms with Crippen molar-refractivity contribution in [3.05, 3.63) is 40.5 Å². The van der Waals surface area contributed by atoms with Gasteiger partial charge in [0.2, 0.25) is 6.29 Å². The lowest BCUT2D eigenvalue weighted by atomic mass is 9.98. The number of rotatable bonds is 10. The molecule has 1 aromatic carbocycles. The van der Waals surface area contributed by atoms with Crippen LogP contribution in [0.4, 0.5) is 0 Å². The van der Waals surface area contributed by atoms with E-state index in [-0.39, 0.29) is 19.6 Å². The molecular weight excluding hydrogens is 535 g/mol. The van der Waals surface area contributed by atoms with Gasteiger partial charge in [-0.15, -0.1) is 6.58 Å². The molecule has 0 unspecified atom stereocenters. The molecule has 1 aliphatic heterocycles. The van der Waals surface area contributed by atoms with E-state index in [9.17, 15) is 14.4 Å². The van der Waals surface area contributed by atoms with Crippen molar-refractivity contribution in [3.63, 3.8) is 0 Å². The van der Waals surface area contributed by atoms with Gasteiger partial charge < -0.3 is 28.4 Å². The smallest absolute Gasteiger partial charge is 0.306 e. The number of halogens is 1. The summed E-state index contributed by atoms with van der Waals surface area (Å²) in [5.41, 5.74) is 0. The largest absolute Gasteiger partial charge is 0.463 e. The lowest BCUT2D eigenvalue weighted by molar-refractivity contribution is -0.292. The summed E-state index contributed by atoms with van der Waals surface area (Å²) in [6.45, 7) is 7.62. The Balaban J connectivity index is 2.42. The van der Waals surface area contributed by atoms with Gasteiger partial charge in [-0.3, -0.25) is 14.4 Å². The maximum absolute atomic E-state index is 12.2. The quantitative estimate of drug-likeness (QED) is 0.184. The van der Waals surface area contributed by atoms with Crippen LogP contribution in [-0.2, 0) is 38.1 Å². The predicted molar refractivity (Wildman–Crippen MR) is 121 cm³/mol. The Hall–Kier alpha value is -2.18. The summed E-state index contributed by atoms with van der Waals surface area (Å²) < 4.78 is 35.0. The number of carbonyl (C=O) groups is 3. The van der Waals surface area contributed by atoms with Gasteiger partial charge in [0, 0.05) is 23.8 Å². The van der Waals surface area contributed by atoms with Gasteiger partial charge in [0.1, 0.15) is 24.6 Å². The average Bonchev–Trinajstić information content (AvgIpc) is 2.74. The standard InChI is InChI=1S/C22H27IO9/c1-5-11-27-20-19(29-14(4)25)17(12-28-13(3)24)31-22(21(20)32-18(26)6-2)30-16-9-7-15(23)8-10-16/h5,7-10,17,19-22H,1,6,11-12H2,2-4H3/t17-,19-,20+,21-,22+/m1/s1. The summed E-state index contributed by atoms with van der Waals surface area (Å²) in [4.78, 5) is 35.4. The molecule has 0 spiro atoms. The van der Waals surface area contributed by atoms with Crippen molar-refractivity contribution in [2.45, 2.75) is 57.9 Å². The zero-order chi connectivity index (χ0) is 23.7. The first-order valence-corrected chi connectivity index (χ1v) is 11.1. The maximum atomic E-state index is 12.2. The third-order valence-corrected chi connectivity index (χ3v) is 5.09. The maximum Gasteiger partial charge on any atom is 0.306 e. The summed E-state index contributed by atoms with van der Waals surface area (Å²) in [6.07, 6.45) is -3.49. The highest BCUT2D eigenvalue weighted by molar-refractivity contribution is 14.1. The number of hydrogen-bond acceptors (Lipinski definition) is 9. The van der Waals surface area contributed by atoms with Crippen LogP contribution in [0.1, 0.15) is 27.2 Å². The van der Waals surface area contributed by atoms with E-state index < -0.39 is 48.6 Å². The van der Waals surface area contributed by atoms with E-state index in [2.05, 4.69) is 29.2 Å². The number of ether oxygens (including phenoxy) is 6. The molecular formula is C22H27IO9. The molecule has 0 aliphatic carbocycles. The number of benzene rings is 1. The Morgan fingerprint density at radius 1 is 1.06 bits per heavy atom. The van der Waals surface area contributed by atoms with Crippen molar-refractivity contribution in [2.24, 2.45) is 0 Å². The first kappa shape index (κ1) is 26.1. The van der Waals surface area contributed by atoms with Crippen molar-refractivity contribution in [3.8, 4) is 5.75 Å². The van der Waals surface area contributed by atoms with Gasteiger partial charge in [0.15, 0.2) is 12.2 Å². The van der Waals surface area contributed by atoms with Crippen LogP contribution in [0.5, 0.6) is 5.75 Å². The molecule has 2 rings (SSSR count). The highest BCUT2D eigenvalue weighted by Gasteiger charge is 2.52. The van der Waals surface area contributed by atoms with E-state index in [0.717, 1.165) is 3.57 Å². The monoisotopic (exact) mass is 562 g/mol. The van der Waals surface area contributed by atoms with Crippen LogP contribution < -0.4 is 4.74 Å². The average molecular weight is 562 g/mol. The normalized spacial score (nSPS) is 24.8. The summed E-state index contributed by atoms with van der Waals surface area (Å²) in [5.74, 6) is -1.18. The number of esters is 3. The Kier molecular flexibility index (Phi) is 10.4. The molecule has 0 saturated carbocycles. The molecule has 0 N–H and O–H groups in total. The summed E-state index contributed by atoms with van der Waals surface area (Å²) >= 11 is 2.16. The van der Waals surface area contributed by atoms with Gasteiger partial charge in [0.25, 0.3) is 0 Å². The van der Waals surface area contributed by atoms with Gasteiger partial charge in [0.05, 0.1) is 6.61 Å². The molecule has 176 valence electrons. The van der Waals surface area contributed by atoms with Crippen molar-refractivity contribution < 1.29 is 42.8 Å². The van der Waals surface area contributed by atoms with Gasteiger partial charge in [-0.25, -0.2) is 0 Å². The minimum absolute atomic E-state index is 0.0825. The number of carbonyl (C=O) groups excluding carboxylic acids is 3. The number of hydrogen-bond donors (Lipinski definition) is 0. The molecule has 0 amide bonds. The van der Waals surface area contributed by atoms with Crippen LogP contribution in [0.2, 0.25) is 0 Å². The molecule has 1 aromatic rings. The van der Waals surface area contributed by atoms with Crippen molar-refractivity contribution in [1.82, 2.24) is 0 Å². The van der Waals surface area contributed by atoms with Crippen LogP contribution in [0.15, 0.2) is 36.9 Å². The highest BCUT2D eigenvalue weighted by atomic mass is 127. The van der Waals surface area contributed by atoms with E-state index >= 15 is 0 Å². The van der Waals surface area contributed by atoms with Crippen molar-refractivity contribution in [1.29, 1.82) is 0 Å². The summed E-state index contributed by atoms with van der Waals surface area (Å²) in [6, 6.07) is 7.16. The van der Waals surface area contributed by atoms with E-state index in [0.29, 0.717) is 5.75 Å². The van der Waals surface area contributed by atoms with Crippen LogP contribution in [-0.4, -0.2) is 61.8 Å². The SMILES string of the molecule is C=CCO[C@@H]1[C@@H](OC(=O)CC)[C@@H](Oc2ccc(I)cc2)O[C@H](COC(C)=O)[C@H]1OC(C)=O. The van der Waals surface area contributed by atoms with E-state index in [1.165, 1.54) is 19.9 Å². The molecule has 1 heterocycles. The Labute approximate surface area is 200 Å². The van der Waals surface area contributed by atoms with E-state index in [1.807, 2.05) is 12.1 Å². The fraction of sp³-hybridized carbons (Fsp3) is 0.500. The van der Waals surface area contributed by atoms with Crippen LogP contribution in [0.3, 0.4) is 0 Å². The zero-order valence-electron chi connectivity index (χ0n) is 18.2. The molecule has 0 bridgehead atoms. The lowest BCUT2D eigenvalue weighted by Gasteiger charge is -2.44. The van der Waals surface area contributed by atoms with Crippen molar-refractivity contribution >= 4 is 40.5 Å². The van der Waals surface area contributed by atoms with Crippen molar-refractivity contribution in [2.75, 3.05) is 13.2 Å². The molecule has 32 heavy (non-hydrogen) atoms. The molecule has 10 heteroatoms. The minimum atomic E-state index is -1.12. The molecule has 1 saturated heterocycles. The third-order valence-electron chi connectivity index (χ3n) is 4.37. The lowest BCUT2D eigenvalue weighted by Crippen LogP contribution is -2.63. The first-order chi connectivity index (χ1) is 15.2. The summed E-state index contributed by atoms with van der Waals surface area (Å²) in [7, 11) is 0. The Morgan fingerprint density at radius 2 is 1.75 bits per heavy atom. The van der Waals surface area contributed by atoms with Crippen LogP contribution >= 0.6 is 22.6 Å². The van der Waals surface area contributed by atoms with E-state index in [1.54, 1.807) is 19.1 Å². The second-order valence-corrected chi connectivity index (χ2v) is 8.13. The minimum Gasteiger partial charge on any atom is -0.463 e. The molecule has 0 aromatic heterocycles. The molecule has 5 atom stereocenters. The van der Waals surface area contributed by atoms with Gasteiger partial charge in [-0.05, 0) is 46.9 Å². The molecule has 1 fully saturated rings. The second kappa shape index (κ2) is 12.8. The Morgan fingerprint density at radius 3 is 2.31 bits per heavy atom. The molecule has 9 nitrogen and oxygen atoms in total. The summed E-state index contributed by atoms with van der Waals surface area (Å²) in [5, 5.41) is 0. The van der Waals surface area contributed by atoms with Crippen LogP contribution in [0.25, 0.3) is 0 Å². The topological polar surface area (TPSA) is 107 Å². The first-order valence-electron chi connectivity index (χ1n) is 10.0. The van der Waals surface area contributed by atoms with E-state index in [4.69, 9.17) is 28.4 Å². The fourth-order valence-corrected chi connectivity index (χ4v) is 3.38. The van der Waals surface area contributed by atoms with Gasteiger partial charge in [-0.2, -0.15) is 0 Å².